The van der Waals surface area contributed by atoms with E-state index in [9.17, 15) is 0 Å². The molecule has 0 amide bonds. The molecular weight excluding hydrogens is 132 g/mol. The van der Waals surface area contributed by atoms with Crippen molar-refractivity contribution in [2.24, 2.45) is 11.3 Å². The zero-order chi connectivity index (χ0) is 8.48. The summed E-state index contributed by atoms with van der Waals surface area (Å²) in [6.45, 7) is 10.6. The van der Waals surface area contributed by atoms with Crippen LogP contribution >= 0.6 is 0 Å². The van der Waals surface area contributed by atoms with Crippen molar-refractivity contribution in [1.82, 2.24) is 0 Å². The lowest BCUT2D eigenvalue weighted by Crippen LogP contribution is -2.22. The van der Waals surface area contributed by atoms with Crippen molar-refractivity contribution >= 4 is 0 Å². The predicted octanol–water partition coefficient (Wildman–Crippen LogP) is 3.33. The Hall–Kier alpha value is -0.780. The van der Waals surface area contributed by atoms with E-state index in [-0.39, 0.29) is 5.41 Å². The average molecular weight is 148 g/mol. The Bertz CT molecular complexity index is 216. The number of rotatable bonds is 1. The lowest BCUT2D eigenvalue weighted by molar-refractivity contribution is 0.352. The van der Waals surface area contributed by atoms with Crippen LogP contribution in [0.4, 0.5) is 0 Å². The second kappa shape index (κ2) is 2.69. The fourth-order valence-electron chi connectivity index (χ4n) is 1.37. The molecule has 1 unspecified atom stereocenters. The lowest BCUT2D eigenvalue weighted by atomic mass is 9.73. The molecule has 0 nitrogen and oxygen atoms in total. The highest BCUT2D eigenvalue weighted by molar-refractivity contribution is 5.31. The van der Waals surface area contributed by atoms with Gasteiger partial charge in [-0.2, -0.15) is 0 Å². The molecule has 0 fully saturated rings. The van der Waals surface area contributed by atoms with Gasteiger partial charge in [-0.15, -0.1) is 0 Å². The van der Waals surface area contributed by atoms with E-state index in [0.29, 0.717) is 5.92 Å². The minimum atomic E-state index is 0.290. The van der Waals surface area contributed by atoms with Crippen LogP contribution in [0.15, 0.2) is 36.5 Å². The molecule has 0 radical (unpaired) electrons. The van der Waals surface area contributed by atoms with Gasteiger partial charge in [-0.05, 0) is 16.9 Å². The first-order valence-corrected chi connectivity index (χ1v) is 4.10. The van der Waals surface area contributed by atoms with Gasteiger partial charge in [0.15, 0.2) is 0 Å². The summed E-state index contributed by atoms with van der Waals surface area (Å²) >= 11 is 0. The van der Waals surface area contributed by atoms with Crippen molar-refractivity contribution in [2.75, 3.05) is 0 Å². The molecule has 11 heavy (non-hydrogen) atoms. The maximum absolute atomic E-state index is 3.80. The van der Waals surface area contributed by atoms with Crippen LogP contribution in [0.1, 0.15) is 20.8 Å². The second-order valence-corrected chi connectivity index (χ2v) is 3.77. The van der Waals surface area contributed by atoms with Crippen LogP contribution in [0.3, 0.4) is 0 Å². The van der Waals surface area contributed by atoms with E-state index in [2.05, 4.69) is 45.6 Å². The normalized spacial score (nSPS) is 27.9. The van der Waals surface area contributed by atoms with Gasteiger partial charge < -0.3 is 0 Å². The molecule has 1 rings (SSSR count). The first kappa shape index (κ1) is 8.32. The molecule has 1 aliphatic carbocycles. The highest BCUT2D eigenvalue weighted by atomic mass is 14.3. The maximum atomic E-state index is 3.80. The molecule has 60 valence electrons. The van der Waals surface area contributed by atoms with Crippen molar-refractivity contribution < 1.29 is 0 Å². The minimum absolute atomic E-state index is 0.290. The second-order valence-electron chi connectivity index (χ2n) is 3.77. The highest BCUT2D eigenvalue weighted by Crippen LogP contribution is 2.36. The quantitative estimate of drug-likeness (QED) is 0.535. The van der Waals surface area contributed by atoms with Gasteiger partial charge in [-0.25, -0.2) is 0 Å². The molecule has 0 heteroatoms. The van der Waals surface area contributed by atoms with Crippen LogP contribution in [-0.4, -0.2) is 0 Å². The Morgan fingerprint density at radius 3 is 2.64 bits per heavy atom. The number of allylic oxidation sites excluding steroid dienone is 5. The van der Waals surface area contributed by atoms with E-state index < -0.39 is 0 Å². The van der Waals surface area contributed by atoms with Gasteiger partial charge in [-0.1, -0.05) is 51.7 Å². The van der Waals surface area contributed by atoms with Crippen molar-refractivity contribution in [3.8, 4) is 0 Å². The van der Waals surface area contributed by atoms with Crippen molar-refractivity contribution in [1.29, 1.82) is 0 Å². The third kappa shape index (κ3) is 1.45. The predicted molar refractivity (Wildman–Crippen MR) is 50.4 cm³/mol. The maximum Gasteiger partial charge on any atom is -0.0105 e. The molecule has 0 saturated carbocycles. The molecule has 0 aromatic rings. The Kier molecular flexibility index (Phi) is 2.03. The van der Waals surface area contributed by atoms with E-state index in [1.807, 2.05) is 6.08 Å². The van der Waals surface area contributed by atoms with Crippen molar-refractivity contribution in [3.63, 3.8) is 0 Å². The highest BCUT2D eigenvalue weighted by Gasteiger charge is 2.26. The van der Waals surface area contributed by atoms with Gasteiger partial charge in [0.2, 0.25) is 0 Å². The summed E-state index contributed by atoms with van der Waals surface area (Å²) in [6, 6.07) is 0. The van der Waals surface area contributed by atoms with Crippen LogP contribution in [-0.2, 0) is 0 Å². The van der Waals surface area contributed by atoms with E-state index in [4.69, 9.17) is 0 Å². The van der Waals surface area contributed by atoms with E-state index in [1.54, 1.807) is 0 Å². The van der Waals surface area contributed by atoms with Crippen LogP contribution in [0.25, 0.3) is 0 Å². The van der Waals surface area contributed by atoms with Gasteiger partial charge in [0.05, 0.1) is 0 Å². The number of hydrogen-bond acceptors (Lipinski definition) is 0. The Labute approximate surface area is 69.3 Å². The Morgan fingerprint density at radius 2 is 2.18 bits per heavy atom. The topological polar surface area (TPSA) is 0 Å². The van der Waals surface area contributed by atoms with E-state index in [0.717, 1.165) is 0 Å². The fraction of sp³-hybridized carbons (Fsp3) is 0.455. The zero-order valence-corrected chi connectivity index (χ0v) is 7.59. The van der Waals surface area contributed by atoms with Crippen LogP contribution in [0.5, 0.6) is 0 Å². The monoisotopic (exact) mass is 148 g/mol. The van der Waals surface area contributed by atoms with Crippen LogP contribution in [0.2, 0.25) is 0 Å². The molecule has 1 atom stereocenters. The molecule has 0 aromatic heterocycles. The third-order valence-electron chi connectivity index (χ3n) is 2.67. The van der Waals surface area contributed by atoms with Crippen molar-refractivity contribution in [3.05, 3.63) is 36.5 Å². The summed E-state index contributed by atoms with van der Waals surface area (Å²) in [5, 5.41) is 0. The standard InChI is InChI=1S/C11H16/c1-5-10-7-6-8-11(3,4)9(10)2/h5-9H,1H2,2-4H3. The van der Waals surface area contributed by atoms with E-state index >= 15 is 0 Å². The average Bonchev–Trinajstić information content (AvgIpc) is 1.95. The largest absolute Gasteiger partial charge is 0.0988 e. The summed E-state index contributed by atoms with van der Waals surface area (Å²) in [4.78, 5) is 0. The minimum Gasteiger partial charge on any atom is -0.0988 e. The molecule has 0 saturated heterocycles. The molecule has 0 N–H and O–H groups in total. The van der Waals surface area contributed by atoms with Crippen LogP contribution < -0.4 is 0 Å². The first-order valence-electron chi connectivity index (χ1n) is 4.10. The van der Waals surface area contributed by atoms with E-state index in [1.165, 1.54) is 5.57 Å². The zero-order valence-electron chi connectivity index (χ0n) is 7.59. The smallest absolute Gasteiger partial charge is 0.0105 e. The van der Waals surface area contributed by atoms with Gasteiger partial charge >= 0.3 is 0 Å². The van der Waals surface area contributed by atoms with Gasteiger partial charge in [0.25, 0.3) is 0 Å². The molecule has 0 spiro atoms. The van der Waals surface area contributed by atoms with Gasteiger partial charge in [0.1, 0.15) is 0 Å². The third-order valence-corrected chi connectivity index (χ3v) is 2.67. The first-order chi connectivity index (χ1) is 5.08. The molecule has 0 aromatic carbocycles. The SMILES string of the molecule is C=CC1=CC=CC(C)(C)C1C. The summed E-state index contributed by atoms with van der Waals surface area (Å²) < 4.78 is 0. The summed E-state index contributed by atoms with van der Waals surface area (Å²) in [5.74, 6) is 0.588. The molecule has 0 bridgehead atoms. The summed E-state index contributed by atoms with van der Waals surface area (Å²) in [5.41, 5.74) is 1.63. The van der Waals surface area contributed by atoms with Gasteiger partial charge in [0, 0.05) is 0 Å². The lowest BCUT2D eigenvalue weighted by Gasteiger charge is -2.32. The van der Waals surface area contributed by atoms with Crippen LogP contribution in [0, 0.1) is 11.3 Å². The molecular formula is C11H16. The Morgan fingerprint density at radius 1 is 1.55 bits per heavy atom. The fourth-order valence-corrected chi connectivity index (χ4v) is 1.37. The molecule has 0 aliphatic heterocycles. The van der Waals surface area contributed by atoms with Crippen molar-refractivity contribution in [2.45, 2.75) is 20.8 Å². The molecule has 0 heterocycles. The summed E-state index contributed by atoms with van der Waals surface area (Å²) in [7, 11) is 0. The van der Waals surface area contributed by atoms with Gasteiger partial charge in [-0.3, -0.25) is 0 Å². The Balaban J connectivity index is 2.94. The number of hydrogen-bond donors (Lipinski definition) is 0. The summed E-state index contributed by atoms with van der Waals surface area (Å²) in [6.07, 6.45) is 8.47. The molecule has 1 aliphatic rings.